The van der Waals surface area contributed by atoms with Crippen molar-refractivity contribution in [3.05, 3.63) is 29.8 Å². The molecule has 0 aliphatic carbocycles. The van der Waals surface area contributed by atoms with Crippen LogP contribution in [-0.4, -0.2) is 20.6 Å². The molecule has 0 saturated heterocycles. The summed E-state index contributed by atoms with van der Waals surface area (Å²) in [6.45, 7) is 10.2. The van der Waals surface area contributed by atoms with Gasteiger partial charge in [-0.2, -0.15) is 0 Å². The quantitative estimate of drug-likeness (QED) is 0.851. The summed E-state index contributed by atoms with van der Waals surface area (Å²) in [5, 5.41) is 3.67. The molecule has 1 N–H and O–H groups in total. The molecule has 0 amide bonds. The second kappa shape index (κ2) is 6.24. The molecule has 0 saturated carbocycles. The van der Waals surface area contributed by atoms with E-state index in [0.717, 1.165) is 6.54 Å². The van der Waals surface area contributed by atoms with Gasteiger partial charge in [-0.15, -0.1) is 0 Å². The van der Waals surface area contributed by atoms with Crippen molar-refractivity contribution in [3.63, 3.8) is 0 Å². The lowest BCUT2D eigenvalue weighted by molar-refractivity contribution is 0.273. The minimum absolute atomic E-state index is 0.222. The van der Waals surface area contributed by atoms with E-state index in [1.165, 1.54) is 17.7 Å². The summed E-state index contributed by atoms with van der Waals surface area (Å²) in [5.41, 5.74) is 2.86. The van der Waals surface area contributed by atoms with Crippen molar-refractivity contribution >= 4 is 5.69 Å². The van der Waals surface area contributed by atoms with Crippen LogP contribution >= 0.6 is 0 Å². The van der Waals surface area contributed by atoms with E-state index in [-0.39, 0.29) is 5.41 Å². The molecular formula is C16H28N2. The van der Waals surface area contributed by atoms with Gasteiger partial charge in [-0.05, 0) is 36.1 Å². The monoisotopic (exact) mass is 248 g/mol. The van der Waals surface area contributed by atoms with E-state index in [1.54, 1.807) is 0 Å². The summed E-state index contributed by atoms with van der Waals surface area (Å²) in [7, 11) is 4.18. The Morgan fingerprint density at radius 2 is 1.89 bits per heavy atom. The lowest BCUT2D eigenvalue weighted by Gasteiger charge is -2.32. The van der Waals surface area contributed by atoms with Gasteiger partial charge in [0.25, 0.3) is 0 Å². The van der Waals surface area contributed by atoms with Crippen molar-refractivity contribution in [2.75, 3.05) is 25.5 Å². The minimum atomic E-state index is 0.222. The van der Waals surface area contributed by atoms with Gasteiger partial charge in [-0.3, -0.25) is 0 Å². The molecule has 102 valence electrons. The number of nitrogens with one attached hydrogen (secondary N) is 1. The standard InChI is InChI=1S/C16H28N2/c1-7-11-17-15(16(2,3)4)13-9-8-10-14(12-13)18(5)6/h8-10,12,15,17H,7,11H2,1-6H3. The molecule has 0 radical (unpaired) electrons. The number of benzene rings is 1. The number of rotatable bonds is 5. The maximum absolute atomic E-state index is 3.67. The minimum Gasteiger partial charge on any atom is -0.378 e. The number of hydrogen-bond donors (Lipinski definition) is 1. The van der Waals surface area contributed by atoms with Crippen molar-refractivity contribution < 1.29 is 0 Å². The van der Waals surface area contributed by atoms with Crippen LogP contribution in [0.15, 0.2) is 24.3 Å². The Labute approximate surface area is 112 Å². The third kappa shape index (κ3) is 4.02. The van der Waals surface area contributed by atoms with Crippen LogP contribution < -0.4 is 10.2 Å². The summed E-state index contributed by atoms with van der Waals surface area (Å²) >= 11 is 0. The van der Waals surface area contributed by atoms with Gasteiger partial charge in [0.2, 0.25) is 0 Å². The lowest BCUT2D eigenvalue weighted by Crippen LogP contribution is -2.33. The van der Waals surface area contributed by atoms with Crippen LogP contribution in [0.1, 0.15) is 45.7 Å². The fourth-order valence-electron chi connectivity index (χ4n) is 2.20. The van der Waals surface area contributed by atoms with E-state index >= 15 is 0 Å². The largest absolute Gasteiger partial charge is 0.378 e. The highest BCUT2D eigenvalue weighted by atomic mass is 15.1. The van der Waals surface area contributed by atoms with E-state index < -0.39 is 0 Å². The first-order valence-corrected chi connectivity index (χ1v) is 6.87. The Kier molecular flexibility index (Phi) is 5.21. The van der Waals surface area contributed by atoms with Gasteiger partial charge >= 0.3 is 0 Å². The molecule has 0 aliphatic rings. The molecule has 1 rings (SSSR count). The van der Waals surface area contributed by atoms with Crippen molar-refractivity contribution in [2.24, 2.45) is 5.41 Å². The van der Waals surface area contributed by atoms with E-state index in [1.807, 2.05) is 0 Å². The third-order valence-corrected chi connectivity index (χ3v) is 3.18. The van der Waals surface area contributed by atoms with E-state index in [0.29, 0.717) is 6.04 Å². The van der Waals surface area contributed by atoms with Crippen molar-refractivity contribution in [1.29, 1.82) is 0 Å². The fourth-order valence-corrected chi connectivity index (χ4v) is 2.20. The molecule has 0 aliphatic heterocycles. The molecule has 0 bridgehead atoms. The summed E-state index contributed by atoms with van der Waals surface area (Å²) in [6.07, 6.45) is 1.17. The summed E-state index contributed by atoms with van der Waals surface area (Å²) in [4.78, 5) is 2.16. The highest BCUT2D eigenvalue weighted by Crippen LogP contribution is 2.33. The molecular weight excluding hydrogens is 220 g/mol. The maximum Gasteiger partial charge on any atom is 0.0369 e. The smallest absolute Gasteiger partial charge is 0.0369 e. The summed E-state index contributed by atoms with van der Waals surface area (Å²) < 4.78 is 0. The lowest BCUT2D eigenvalue weighted by atomic mass is 9.82. The number of anilines is 1. The second-order valence-corrected chi connectivity index (χ2v) is 6.24. The van der Waals surface area contributed by atoms with E-state index in [4.69, 9.17) is 0 Å². The molecule has 0 fully saturated rings. The SMILES string of the molecule is CCCNC(c1cccc(N(C)C)c1)C(C)(C)C. The topological polar surface area (TPSA) is 15.3 Å². The van der Waals surface area contributed by atoms with Gasteiger partial charge < -0.3 is 10.2 Å². The second-order valence-electron chi connectivity index (χ2n) is 6.24. The zero-order chi connectivity index (χ0) is 13.8. The van der Waals surface area contributed by atoms with Crippen LogP contribution in [0.25, 0.3) is 0 Å². The normalized spacial score (nSPS) is 13.4. The number of hydrogen-bond acceptors (Lipinski definition) is 2. The molecule has 1 atom stereocenters. The molecule has 2 heteroatoms. The van der Waals surface area contributed by atoms with Crippen molar-refractivity contribution in [2.45, 2.75) is 40.2 Å². The Hall–Kier alpha value is -1.02. The highest BCUT2D eigenvalue weighted by molar-refractivity contribution is 5.48. The molecule has 0 spiro atoms. The van der Waals surface area contributed by atoms with Crippen molar-refractivity contribution in [1.82, 2.24) is 5.32 Å². The first-order valence-electron chi connectivity index (χ1n) is 6.87. The maximum atomic E-state index is 3.67. The summed E-state index contributed by atoms with van der Waals surface area (Å²) in [6, 6.07) is 9.22. The zero-order valence-electron chi connectivity index (χ0n) is 12.7. The van der Waals surface area contributed by atoms with E-state index in [9.17, 15) is 0 Å². The molecule has 0 heterocycles. The van der Waals surface area contributed by atoms with E-state index in [2.05, 4.69) is 76.3 Å². The molecule has 1 aromatic rings. The predicted octanol–water partition coefficient (Wildman–Crippen LogP) is 3.84. The fraction of sp³-hybridized carbons (Fsp3) is 0.625. The first kappa shape index (κ1) is 15.0. The molecule has 1 aromatic carbocycles. The third-order valence-electron chi connectivity index (χ3n) is 3.18. The number of nitrogens with zero attached hydrogens (tertiary/aromatic N) is 1. The van der Waals surface area contributed by atoms with Crippen LogP contribution in [0.5, 0.6) is 0 Å². The Balaban J connectivity index is 3.01. The molecule has 18 heavy (non-hydrogen) atoms. The van der Waals surface area contributed by atoms with Crippen molar-refractivity contribution in [3.8, 4) is 0 Å². The van der Waals surface area contributed by atoms with Gasteiger partial charge in [0.1, 0.15) is 0 Å². The van der Waals surface area contributed by atoms with Gasteiger partial charge in [-0.25, -0.2) is 0 Å². The zero-order valence-corrected chi connectivity index (χ0v) is 12.7. The van der Waals surface area contributed by atoms with Crippen LogP contribution in [0.2, 0.25) is 0 Å². The Bertz CT molecular complexity index is 364. The highest BCUT2D eigenvalue weighted by Gasteiger charge is 2.25. The van der Waals surface area contributed by atoms with Crippen LogP contribution in [0.3, 0.4) is 0 Å². The molecule has 0 aromatic heterocycles. The molecule has 2 nitrogen and oxygen atoms in total. The van der Waals surface area contributed by atoms with Gasteiger partial charge in [-0.1, -0.05) is 39.8 Å². The van der Waals surface area contributed by atoms with Gasteiger partial charge in [0.05, 0.1) is 0 Å². The predicted molar refractivity (Wildman–Crippen MR) is 81.3 cm³/mol. The van der Waals surface area contributed by atoms with Gasteiger partial charge in [0.15, 0.2) is 0 Å². The molecule has 1 unspecified atom stereocenters. The average Bonchev–Trinajstić information content (AvgIpc) is 2.28. The average molecular weight is 248 g/mol. The Morgan fingerprint density at radius 1 is 1.22 bits per heavy atom. The first-order chi connectivity index (χ1) is 8.36. The van der Waals surface area contributed by atoms with Gasteiger partial charge in [0, 0.05) is 25.8 Å². The van der Waals surface area contributed by atoms with Crippen LogP contribution in [-0.2, 0) is 0 Å². The summed E-state index contributed by atoms with van der Waals surface area (Å²) in [5.74, 6) is 0. The Morgan fingerprint density at radius 3 is 2.39 bits per heavy atom. The van der Waals surface area contributed by atoms with Crippen LogP contribution in [0, 0.1) is 5.41 Å². The van der Waals surface area contributed by atoms with Crippen LogP contribution in [0.4, 0.5) is 5.69 Å².